The minimum Gasteiger partial charge on any atom is -0.459 e. The summed E-state index contributed by atoms with van der Waals surface area (Å²) >= 11 is 12.0. The van der Waals surface area contributed by atoms with Gasteiger partial charge in [0.15, 0.2) is 0 Å². The molecule has 3 rings (SSSR count). The molecule has 4 heteroatoms. The highest BCUT2D eigenvalue weighted by molar-refractivity contribution is 6.31. The van der Waals surface area contributed by atoms with Gasteiger partial charge in [0.25, 0.3) is 0 Å². The van der Waals surface area contributed by atoms with Gasteiger partial charge in [-0.1, -0.05) is 35.3 Å². The number of hydrogen-bond acceptors (Lipinski definition) is 2. The highest BCUT2D eigenvalue weighted by Gasteiger charge is 2.06. The highest BCUT2D eigenvalue weighted by atomic mass is 35.5. The molecule has 1 heterocycles. The Morgan fingerprint density at radius 3 is 2.45 bits per heavy atom. The van der Waals surface area contributed by atoms with Crippen LogP contribution in [0, 0.1) is 6.92 Å². The van der Waals surface area contributed by atoms with Crippen molar-refractivity contribution in [2.75, 3.05) is 5.32 Å². The predicted molar refractivity (Wildman–Crippen MR) is 92.7 cm³/mol. The van der Waals surface area contributed by atoms with Gasteiger partial charge < -0.3 is 9.73 Å². The summed E-state index contributed by atoms with van der Waals surface area (Å²) in [7, 11) is 0. The van der Waals surface area contributed by atoms with Crippen LogP contribution in [0.2, 0.25) is 10.0 Å². The summed E-state index contributed by atoms with van der Waals surface area (Å²) in [6.07, 6.45) is 0. The SMILES string of the molecule is Cc1ccc(-c2ccc(CNc3ccc(Cl)cc3)o2)cc1Cl. The first kappa shape index (κ1) is 15.0. The zero-order valence-electron chi connectivity index (χ0n) is 12.1. The number of hydrogen-bond donors (Lipinski definition) is 1. The molecule has 2 nitrogen and oxygen atoms in total. The van der Waals surface area contributed by atoms with Gasteiger partial charge in [0.2, 0.25) is 0 Å². The van der Waals surface area contributed by atoms with Gasteiger partial charge in [-0.25, -0.2) is 0 Å². The fourth-order valence-electron chi connectivity index (χ4n) is 2.13. The van der Waals surface area contributed by atoms with Crippen LogP contribution in [0.25, 0.3) is 11.3 Å². The molecule has 22 heavy (non-hydrogen) atoms. The van der Waals surface area contributed by atoms with Gasteiger partial charge in [-0.2, -0.15) is 0 Å². The number of aryl methyl sites for hydroxylation is 1. The van der Waals surface area contributed by atoms with Gasteiger partial charge in [-0.05, 0) is 55.0 Å². The van der Waals surface area contributed by atoms with Crippen molar-refractivity contribution in [1.82, 2.24) is 0 Å². The summed E-state index contributed by atoms with van der Waals surface area (Å²) in [5.41, 5.74) is 3.04. The molecule has 1 N–H and O–H groups in total. The van der Waals surface area contributed by atoms with E-state index in [0.29, 0.717) is 6.54 Å². The monoisotopic (exact) mass is 331 g/mol. The van der Waals surface area contributed by atoms with Crippen LogP contribution in [-0.4, -0.2) is 0 Å². The molecule has 0 saturated heterocycles. The summed E-state index contributed by atoms with van der Waals surface area (Å²) in [6, 6.07) is 17.4. The van der Waals surface area contributed by atoms with E-state index in [2.05, 4.69) is 5.32 Å². The molecule has 0 aliphatic rings. The summed E-state index contributed by atoms with van der Waals surface area (Å²) in [5, 5.41) is 4.76. The third kappa shape index (κ3) is 3.46. The molecule has 112 valence electrons. The van der Waals surface area contributed by atoms with Crippen LogP contribution in [0.4, 0.5) is 5.69 Å². The van der Waals surface area contributed by atoms with Crippen molar-refractivity contribution in [3.63, 3.8) is 0 Å². The second-order valence-electron chi connectivity index (χ2n) is 5.09. The molecule has 0 aliphatic heterocycles. The van der Waals surface area contributed by atoms with Crippen LogP contribution >= 0.6 is 23.2 Å². The van der Waals surface area contributed by atoms with Gasteiger partial charge in [0, 0.05) is 21.3 Å². The van der Waals surface area contributed by atoms with Crippen molar-refractivity contribution in [3.05, 3.63) is 76.0 Å². The Hall–Kier alpha value is -1.90. The van der Waals surface area contributed by atoms with E-state index in [-0.39, 0.29) is 0 Å². The molecule has 3 aromatic rings. The normalized spacial score (nSPS) is 10.7. The second kappa shape index (κ2) is 6.47. The minimum atomic E-state index is 0.612. The third-order valence-corrected chi connectivity index (χ3v) is 4.09. The zero-order valence-corrected chi connectivity index (χ0v) is 13.6. The molecule has 0 bridgehead atoms. The molecule has 2 aromatic carbocycles. The maximum atomic E-state index is 6.16. The van der Waals surface area contributed by atoms with Crippen molar-refractivity contribution >= 4 is 28.9 Å². The Kier molecular flexibility index (Phi) is 4.41. The molecule has 0 aliphatic carbocycles. The number of rotatable bonds is 4. The van der Waals surface area contributed by atoms with Crippen molar-refractivity contribution in [1.29, 1.82) is 0 Å². The first-order valence-electron chi connectivity index (χ1n) is 6.96. The number of halogens is 2. The topological polar surface area (TPSA) is 25.2 Å². The largest absolute Gasteiger partial charge is 0.459 e. The lowest BCUT2D eigenvalue weighted by atomic mass is 10.1. The number of benzene rings is 2. The predicted octanol–water partition coefficient (Wildman–Crippen LogP) is 6.17. The lowest BCUT2D eigenvalue weighted by Crippen LogP contribution is -1.97. The molecule has 0 amide bonds. The molecule has 0 radical (unpaired) electrons. The Bertz CT molecular complexity index is 778. The fraction of sp³-hybridized carbons (Fsp3) is 0.111. The van der Waals surface area contributed by atoms with Crippen LogP contribution in [0.3, 0.4) is 0 Å². The first-order valence-corrected chi connectivity index (χ1v) is 7.72. The van der Waals surface area contributed by atoms with Crippen LogP contribution < -0.4 is 5.32 Å². The average molecular weight is 332 g/mol. The van der Waals surface area contributed by atoms with Crippen LogP contribution in [0.5, 0.6) is 0 Å². The molecule has 0 unspecified atom stereocenters. The lowest BCUT2D eigenvalue weighted by molar-refractivity contribution is 0.531. The van der Waals surface area contributed by atoms with E-state index in [0.717, 1.165) is 38.4 Å². The Morgan fingerprint density at radius 2 is 1.73 bits per heavy atom. The van der Waals surface area contributed by atoms with E-state index >= 15 is 0 Å². The van der Waals surface area contributed by atoms with E-state index in [1.54, 1.807) is 0 Å². The zero-order chi connectivity index (χ0) is 15.5. The van der Waals surface area contributed by atoms with Gasteiger partial charge in [-0.15, -0.1) is 0 Å². The Labute approximate surface area is 139 Å². The smallest absolute Gasteiger partial charge is 0.134 e. The Morgan fingerprint density at radius 1 is 0.955 bits per heavy atom. The van der Waals surface area contributed by atoms with E-state index in [9.17, 15) is 0 Å². The van der Waals surface area contributed by atoms with Gasteiger partial charge in [0.1, 0.15) is 11.5 Å². The lowest BCUT2D eigenvalue weighted by Gasteiger charge is -2.04. The fourth-order valence-corrected chi connectivity index (χ4v) is 2.44. The standard InChI is InChI=1S/C18H15Cl2NO/c1-12-2-3-13(10-17(12)20)18-9-8-16(22-18)11-21-15-6-4-14(19)5-7-15/h2-10,21H,11H2,1H3. The number of anilines is 1. The first-order chi connectivity index (χ1) is 10.6. The van der Waals surface area contributed by atoms with E-state index < -0.39 is 0 Å². The maximum Gasteiger partial charge on any atom is 0.134 e. The molecular formula is C18H15Cl2NO. The molecular weight excluding hydrogens is 317 g/mol. The van der Waals surface area contributed by atoms with E-state index in [1.165, 1.54) is 0 Å². The quantitative estimate of drug-likeness (QED) is 0.618. The van der Waals surface area contributed by atoms with Gasteiger partial charge >= 0.3 is 0 Å². The van der Waals surface area contributed by atoms with E-state index in [4.69, 9.17) is 27.6 Å². The van der Waals surface area contributed by atoms with E-state index in [1.807, 2.05) is 61.5 Å². The van der Waals surface area contributed by atoms with Crippen LogP contribution in [0.1, 0.15) is 11.3 Å². The number of furan rings is 1. The minimum absolute atomic E-state index is 0.612. The summed E-state index contributed by atoms with van der Waals surface area (Å²) in [4.78, 5) is 0. The van der Waals surface area contributed by atoms with Crippen molar-refractivity contribution in [2.45, 2.75) is 13.5 Å². The highest BCUT2D eigenvalue weighted by Crippen LogP contribution is 2.27. The van der Waals surface area contributed by atoms with Crippen LogP contribution in [0.15, 0.2) is 59.0 Å². The molecule has 0 atom stereocenters. The molecule has 0 spiro atoms. The van der Waals surface area contributed by atoms with Crippen molar-refractivity contribution in [3.8, 4) is 11.3 Å². The van der Waals surface area contributed by atoms with Crippen molar-refractivity contribution < 1.29 is 4.42 Å². The Balaban J connectivity index is 1.70. The van der Waals surface area contributed by atoms with Gasteiger partial charge in [-0.3, -0.25) is 0 Å². The maximum absolute atomic E-state index is 6.16. The summed E-state index contributed by atoms with van der Waals surface area (Å²) in [5.74, 6) is 1.68. The summed E-state index contributed by atoms with van der Waals surface area (Å²) in [6.45, 7) is 2.59. The number of nitrogens with one attached hydrogen (secondary N) is 1. The van der Waals surface area contributed by atoms with Crippen LogP contribution in [-0.2, 0) is 6.54 Å². The summed E-state index contributed by atoms with van der Waals surface area (Å²) < 4.78 is 5.86. The van der Waals surface area contributed by atoms with Gasteiger partial charge in [0.05, 0.1) is 6.54 Å². The third-order valence-electron chi connectivity index (χ3n) is 3.43. The average Bonchev–Trinajstić information content (AvgIpc) is 2.98. The van der Waals surface area contributed by atoms with Crippen molar-refractivity contribution in [2.24, 2.45) is 0 Å². The molecule has 0 saturated carbocycles. The second-order valence-corrected chi connectivity index (χ2v) is 5.93. The molecule has 1 aromatic heterocycles. The molecule has 0 fully saturated rings.